The van der Waals surface area contributed by atoms with Gasteiger partial charge in [0.2, 0.25) is 0 Å². The van der Waals surface area contributed by atoms with Crippen molar-refractivity contribution in [2.45, 2.75) is 50.8 Å². The molecule has 3 unspecified atom stereocenters. The highest BCUT2D eigenvalue weighted by Gasteiger charge is 2.57. The van der Waals surface area contributed by atoms with Crippen molar-refractivity contribution in [3.8, 4) is 0 Å². The average Bonchev–Trinajstić information content (AvgIpc) is 3.03. The zero-order chi connectivity index (χ0) is 14.6. The third-order valence-corrected chi connectivity index (χ3v) is 6.28. The third kappa shape index (κ3) is 2.09. The zero-order valence-corrected chi connectivity index (χ0v) is 12.4. The number of hydrogen-bond donors (Lipinski definition) is 1. The molecule has 4 fully saturated rings. The standard InChI is InChI=1S/C16H24O5/c1-9-14-12(15(18)21-9)6-10-7-16(19-4-5-20-16)3-2-11(10)13(14)8-17/h8-15,18H,2-7H2,1H3/t9-,10-,11?,12-,13?,14-,15?/m1/s1. The maximum atomic E-state index is 11.7. The van der Waals surface area contributed by atoms with Gasteiger partial charge in [-0.3, -0.25) is 0 Å². The maximum Gasteiger partial charge on any atom is 0.168 e. The summed E-state index contributed by atoms with van der Waals surface area (Å²) in [5, 5.41) is 10.2. The van der Waals surface area contributed by atoms with Gasteiger partial charge in [-0.25, -0.2) is 0 Å². The van der Waals surface area contributed by atoms with Crippen LogP contribution >= 0.6 is 0 Å². The van der Waals surface area contributed by atoms with Gasteiger partial charge in [0.1, 0.15) is 6.29 Å². The van der Waals surface area contributed by atoms with Gasteiger partial charge in [0.25, 0.3) is 0 Å². The second-order valence-corrected chi connectivity index (χ2v) is 7.20. The van der Waals surface area contributed by atoms with Crippen LogP contribution in [0.2, 0.25) is 0 Å². The Balaban J connectivity index is 1.59. The minimum absolute atomic E-state index is 0.000321. The number of aldehydes is 1. The minimum atomic E-state index is -0.725. The van der Waals surface area contributed by atoms with E-state index >= 15 is 0 Å². The predicted molar refractivity (Wildman–Crippen MR) is 73.2 cm³/mol. The Morgan fingerprint density at radius 3 is 2.71 bits per heavy atom. The highest BCUT2D eigenvalue weighted by atomic mass is 16.7. The summed E-state index contributed by atoms with van der Waals surface area (Å²) in [6.07, 6.45) is 3.98. The van der Waals surface area contributed by atoms with E-state index in [9.17, 15) is 9.90 Å². The summed E-state index contributed by atoms with van der Waals surface area (Å²) in [5.74, 6) is 0.596. The molecule has 0 amide bonds. The van der Waals surface area contributed by atoms with E-state index in [0.29, 0.717) is 25.0 Å². The van der Waals surface area contributed by atoms with Gasteiger partial charge in [-0.05, 0) is 31.6 Å². The summed E-state index contributed by atoms with van der Waals surface area (Å²) in [6.45, 7) is 3.32. The normalized spacial score (nSPS) is 51.6. The summed E-state index contributed by atoms with van der Waals surface area (Å²) in [4.78, 5) is 11.7. The summed E-state index contributed by atoms with van der Waals surface area (Å²) in [6, 6.07) is 0. The SMILES string of the molecule is C[C@H]1OC(O)[C@@H]2C[C@@H]3CC4(CCC3C(C=O)[C@H]12)OCCO4. The van der Waals surface area contributed by atoms with Gasteiger partial charge in [-0.15, -0.1) is 0 Å². The van der Waals surface area contributed by atoms with E-state index in [2.05, 4.69) is 0 Å². The Kier molecular flexibility index (Phi) is 3.37. The monoisotopic (exact) mass is 296 g/mol. The van der Waals surface area contributed by atoms with Crippen LogP contribution in [-0.2, 0) is 19.0 Å². The van der Waals surface area contributed by atoms with Crippen molar-refractivity contribution in [2.24, 2.45) is 29.6 Å². The Hall–Kier alpha value is -0.490. The van der Waals surface area contributed by atoms with Gasteiger partial charge in [0.15, 0.2) is 12.1 Å². The smallest absolute Gasteiger partial charge is 0.168 e. The lowest BCUT2D eigenvalue weighted by Crippen LogP contribution is -2.50. The molecule has 5 heteroatoms. The van der Waals surface area contributed by atoms with Gasteiger partial charge < -0.3 is 24.1 Å². The second kappa shape index (κ2) is 5.01. The van der Waals surface area contributed by atoms with Crippen LogP contribution in [-0.4, -0.2) is 42.8 Å². The first-order valence-electron chi connectivity index (χ1n) is 8.20. The van der Waals surface area contributed by atoms with Crippen LogP contribution in [0.25, 0.3) is 0 Å². The van der Waals surface area contributed by atoms with Crippen LogP contribution in [0.1, 0.15) is 32.6 Å². The van der Waals surface area contributed by atoms with E-state index in [-0.39, 0.29) is 23.9 Å². The molecule has 2 saturated heterocycles. The lowest BCUT2D eigenvalue weighted by atomic mass is 9.57. The van der Waals surface area contributed by atoms with E-state index < -0.39 is 12.1 Å². The van der Waals surface area contributed by atoms with Crippen molar-refractivity contribution in [3.63, 3.8) is 0 Å². The average molecular weight is 296 g/mol. The van der Waals surface area contributed by atoms with Crippen molar-refractivity contribution in [1.29, 1.82) is 0 Å². The van der Waals surface area contributed by atoms with Crippen molar-refractivity contribution in [1.82, 2.24) is 0 Å². The maximum absolute atomic E-state index is 11.7. The van der Waals surface area contributed by atoms with Crippen LogP contribution < -0.4 is 0 Å². The highest BCUT2D eigenvalue weighted by molar-refractivity contribution is 5.55. The molecule has 4 rings (SSSR count). The summed E-state index contributed by atoms with van der Waals surface area (Å²) < 4.78 is 17.3. The summed E-state index contributed by atoms with van der Waals surface area (Å²) in [5.41, 5.74) is 0. The van der Waals surface area contributed by atoms with E-state index in [4.69, 9.17) is 14.2 Å². The molecule has 2 heterocycles. The van der Waals surface area contributed by atoms with Gasteiger partial charge in [-0.2, -0.15) is 0 Å². The molecule has 118 valence electrons. The Labute approximate surface area is 124 Å². The molecule has 21 heavy (non-hydrogen) atoms. The summed E-state index contributed by atoms with van der Waals surface area (Å²) >= 11 is 0. The molecular formula is C16H24O5. The topological polar surface area (TPSA) is 65.0 Å². The van der Waals surface area contributed by atoms with Crippen molar-refractivity contribution in [2.75, 3.05) is 13.2 Å². The van der Waals surface area contributed by atoms with Crippen molar-refractivity contribution >= 4 is 6.29 Å². The minimum Gasteiger partial charge on any atom is -0.368 e. The fourth-order valence-electron chi connectivity index (χ4n) is 5.45. The van der Waals surface area contributed by atoms with Gasteiger partial charge >= 0.3 is 0 Å². The van der Waals surface area contributed by atoms with E-state index in [1.165, 1.54) is 0 Å². The molecule has 5 nitrogen and oxygen atoms in total. The third-order valence-electron chi connectivity index (χ3n) is 6.28. The quantitative estimate of drug-likeness (QED) is 0.740. The number of aliphatic hydroxyl groups is 1. The number of carbonyl (C=O) groups excluding carboxylic acids is 1. The van der Waals surface area contributed by atoms with Crippen LogP contribution in [0.15, 0.2) is 0 Å². The van der Waals surface area contributed by atoms with Crippen molar-refractivity contribution in [3.05, 3.63) is 0 Å². The number of ether oxygens (including phenoxy) is 3. The molecule has 2 aliphatic heterocycles. The molecular weight excluding hydrogens is 272 g/mol. The lowest BCUT2D eigenvalue weighted by Gasteiger charge is -2.49. The second-order valence-electron chi connectivity index (χ2n) is 7.20. The molecule has 1 spiro atoms. The van der Waals surface area contributed by atoms with E-state index in [0.717, 1.165) is 32.0 Å². The molecule has 0 radical (unpaired) electrons. The molecule has 2 aliphatic carbocycles. The highest BCUT2D eigenvalue weighted by Crippen LogP contribution is 2.56. The molecule has 0 bridgehead atoms. The van der Waals surface area contributed by atoms with Gasteiger partial charge in [-0.1, -0.05) is 0 Å². The van der Waals surface area contributed by atoms with Crippen LogP contribution in [0.5, 0.6) is 0 Å². The molecule has 0 aromatic carbocycles. The van der Waals surface area contributed by atoms with Gasteiger partial charge in [0, 0.05) is 30.6 Å². The lowest BCUT2D eigenvalue weighted by molar-refractivity contribution is -0.208. The largest absolute Gasteiger partial charge is 0.368 e. The Morgan fingerprint density at radius 1 is 1.24 bits per heavy atom. The fourth-order valence-corrected chi connectivity index (χ4v) is 5.45. The predicted octanol–water partition coefficient (Wildman–Crippen LogP) is 1.33. The molecule has 0 aromatic rings. The van der Waals surface area contributed by atoms with Crippen LogP contribution in [0.3, 0.4) is 0 Å². The summed E-state index contributed by atoms with van der Waals surface area (Å²) in [7, 11) is 0. The molecule has 4 aliphatic rings. The Morgan fingerprint density at radius 2 is 2.00 bits per heavy atom. The molecule has 0 aromatic heterocycles. The first kappa shape index (κ1) is 14.1. The van der Waals surface area contributed by atoms with Gasteiger partial charge in [0.05, 0.1) is 19.3 Å². The number of fused-ring (bicyclic) bond motifs is 2. The first-order chi connectivity index (χ1) is 10.1. The van der Waals surface area contributed by atoms with Crippen molar-refractivity contribution < 1.29 is 24.1 Å². The number of hydrogen-bond acceptors (Lipinski definition) is 5. The number of rotatable bonds is 1. The fraction of sp³-hybridized carbons (Fsp3) is 0.938. The first-order valence-corrected chi connectivity index (χ1v) is 8.20. The van der Waals surface area contributed by atoms with E-state index in [1.807, 2.05) is 6.92 Å². The Bertz CT molecular complexity index is 419. The zero-order valence-electron chi connectivity index (χ0n) is 12.4. The molecule has 1 N–H and O–H groups in total. The number of aliphatic hydroxyl groups excluding tert-OH is 1. The van der Waals surface area contributed by atoms with E-state index in [1.54, 1.807) is 0 Å². The van der Waals surface area contributed by atoms with Crippen LogP contribution in [0.4, 0.5) is 0 Å². The number of carbonyl (C=O) groups is 1. The molecule has 2 saturated carbocycles. The van der Waals surface area contributed by atoms with Crippen LogP contribution in [0, 0.1) is 29.6 Å². The molecule has 7 atom stereocenters.